The quantitative estimate of drug-likeness (QED) is 0.0656. The predicted octanol–water partition coefficient (Wildman–Crippen LogP) is 5.27. The highest BCUT2D eigenvalue weighted by Crippen LogP contribution is 2.36. The summed E-state index contributed by atoms with van der Waals surface area (Å²) in [6.07, 6.45) is 4.09. The molecule has 0 saturated heterocycles. The first-order valence-corrected chi connectivity index (χ1v) is 18.9. The third-order valence-corrected chi connectivity index (χ3v) is 12.0. The van der Waals surface area contributed by atoms with Gasteiger partial charge in [-0.05, 0) is 84.2 Å². The highest BCUT2D eigenvalue weighted by atomic mass is 33.1. The van der Waals surface area contributed by atoms with Gasteiger partial charge in [0.2, 0.25) is 11.8 Å². The van der Waals surface area contributed by atoms with Crippen LogP contribution in [0.3, 0.4) is 0 Å². The molecule has 1 aromatic heterocycles. The SMILES string of the molecule is Cc1c(C)c2c3c(cccc3c1C)C(=O)C(NC(=O)[C@H](Cc1c[nH]c3ccccc13)NC(=O)[C@H](CC(C)C)NN)CSSCC(C=O)C2. The van der Waals surface area contributed by atoms with E-state index in [1.807, 2.05) is 62.5 Å². The number of hydrazine groups is 1. The second-order valence-corrected chi connectivity index (χ2v) is 15.7. The summed E-state index contributed by atoms with van der Waals surface area (Å²) in [6.45, 7) is 10.2. The zero-order valence-electron chi connectivity index (χ0n) is 28.1. The Morgan fingerprint density at radius 2 is 1.69 bits per heavy atom. The molecule has 2 heterocycles. The number of hydrogen-bond acceptors (Lipinski definition) is 8. The first kappa shape index (κ1) is 35.7. The normalized spacial score (nSPS) is 18.4. The van der Waals surface area contributed by atoms with Gasteiger partial charge < -0.3 is 20.4 Å². The molecule has 1 aliphatic heterocycles. The minimum Gasteiger partial charge on any atom is -0.361 e. The second kappa shape index (κ2) is 15.7. The maximum Gasteiger partial charge on any atom is 0.243 e. The number of aromatic nitrogens is 1. The van der Waals surface area contributed by atoms with Crippen LogP contribution in [0.2, 0.25) is 0 Å². The highest BCUT2D eigenvalue weighted by Gasteiger charge is 2.32. The fraction of sp³-hybridized carbons (Fsp3) is 0.405. The van der Waals surface area contributed by atoms with Crippen molar-refractivity contribution in [1.29, 1.82) is 0 Å². The maximum absolute atomic E-state index is 14.5. The van der Waals surface area contributed by atoms with E-state index in [2.05, 4.69) is 41.8 Å². The Bertz CT molecular complexity index is 1840. The summed E-state index contributed by atoms with van der Waals surface area (Å²) in [5.41, 5.74) is 9.23. The molecule has 2 unspecified atom stereocenters. The van der Waals surface area contributed by atoms with Crippen LogP contribution in [0.15, 0.2) is 48.7 Å². The van der Waals surface area contributed by atoms with E-state index in [0.29, 0.717) is 29.9 Å². The van der Waals surface area contributed by atoms with E-state index < -0.39 is 24.0 Å². The Labute approximate surface area is 289 Å². The van der Waals surface area contributed by atoms with Gasteiger partial charge in [-0.3, -0.25) is 20.2 Å². The van der Waals surface area contributed by atoms with Gasteiger partial charge in [0.1, 0.15) is 18.4 Å². The number of Topliss-reactive ketones (excluding diaryl/α,β-unsaturated/α-hetero) is 1. The molecule has 1 aliphatic rings. The molecule has 254 valence electrons. The summed E-state index contributed by atoms with van der Waals surface area (Å²) in [6, 6.07) is 11.0. The lowest BCUT2D eigenvalue weighted by molar-refractivity contribution is -0.130. The smallest absolute Gasteiger partial charge is 0.243 e. The molecule has 0 spiro atoms. The lowest BCUT2D eigenvalue weighted by atomic mass is 9.84. The monoisotopic (exact) mass is 687 g/mol. The highest BCUT2D eigenvalue weighted by molar-refractivity contribution is 8.76. The molecule has 3 aromatic carbocycles. The summed E-state index contributed by atoms with van der Waals surface area (Å²) in [5.74, 6) is 5.58. The van der Waals surface area contributed by atoms with E-state index >= 15 is 0 Å². The minimum atomic E-state index is -0.974. The second-order valence-electron chi connectivity index (χ2n) is 13.2. The number of carbonyl (C=O) groups excluding carboxylic acids is 4. The maximum atomic E-state index is 14.5. The molecule has 0 fully saturated rings. The summed E-state index contributed by atoms with van der Waals surface area (Å²) in [7, 11) is 2.99. The molecule has 0 aliphatic carbocycles. The van der Waals surface area contributed by atoms with E-state index in [1.54, 1.807) is 0 Å². The zero-order chi connectivity index (χ0) is 34.5. The average Bonchev–Trinajstić information content (AvgIpc) is 3.48. The van der Waals surface area contributed by atoms with Crippen molar-refractivity contribution in [3.8, 4) is 0 Å². The molecule has 0 saturated carbocycles. The number of aromatic amines is 1. The number of hydrogen-bond donors (Lipinski definition) is 5. The number of fused-ring (bicyclic) bond motifs is 1. The zero-order valence-corrected chi connectivity index (χ0v) is 29.8. The fourth-order valence-corrected chi connectivity index (χ4v) is 9.02. The van der Waals surface area contributed by atoms with Gasteiger partial charge in [0.05, 0.1) is 6.04 Å². The topological polar surface area (TPSA) is 146 Å². The molecule has 2 amide bonds. The van der Waals surface area contributed by atoms with Crippen molar-refractivity contribution < 1.29 is 19.2 Å². The molecule has 11 heteroatoms. The van der Waals surface area contributed by atoms with E-state index in [4.69, 9.17) is 5.84 Å². The van der Waals surface area contributed by atoms with Crippen LogP contribution in [0.5, 0.6) is 0 Å². The van der Waals surface area contributed by atoms with E-state index in [9.17, 15) is 19.2 Å². The number of benzene rings is 3. The molecule has 48 heavy (non-hydrogen) atoms. The molecule has 0 bridgehead atoms. The third kappa shape index (κ3) is 7.64. The first-order valence-electron chi connectivity index (χ1n) is 16.4. The van der Waals surface area contributed by atoms with Crippen LogP contribution in [0.25, 0.3) is 21.7 Å². The number of para-hydroxylation sites is 1. The van der Waals surface area contributed by atoms with Crippen molar-refractivity contribution in [2.75, 3.05) is 11.5 Å². The number of rotatable bonds is 10. The molecular formula is C37H45N5O4S2. The van der Waals surface area contributed by atoms with Crippen molar-refractivity contribution in [3.05, 3.63) is 82.0 Å². The van der Waals surface area contributed by atoms with Crippen LogP contribution in [-0.2, 0) is 27.2 Å². The van der Waals surface area contributed by atoms with Gasteiger partial charge in [-0.15, -0.1) is 0 Å². The van der Waals surface area contributed by atoms with Crippen molar-refractivity contribution in [2.45, 2.75) is 72.0 Å². The number of nitrogens with one attached hydrogen (secondary N) is 4. The Morgan fingerprint density at radius 3 is 2.42 bits per heavy atom. The van der Waals surface area contributed by atoms with Gasteiger partial charge >= 0.3 is 0 Å². The van der Waals surface area contributed by atoms with Gasteiger partial charge in [-0.2, -0.15) is 0 Å². The molecule has 6 N–H and O–H groups in total. The largest absolute Gasteiger partial charge is 0.361 e. The lowest BCUT2D eigenvalue weighted by Crippen LogP contribution is -2.57. The minimum absolute atomic E-state index is 0.192. The number of amides is 2. The van der Waals surface area contributed by atoms with Gasteiger partial charge in [-0.1, -0.05) is 71.8 Å². The molecule has 4 aromatic rings. The number of nitrogens with two attached hydrogens (primary N) is 1. The summed E-state index contributed by atoms with van der Waals surface area (Å²) < 4.78 is 0. The average molecular weight is 688 g/mol. The van der Waals surface area contributed by atoms with Gasteiger partial charge in [0, 0.05) is 46.5 Å². The number of aldehydes is 1. The van der Waals surface area contributed by atoms with Crippen LogP contribution in [-0.4, -0.2) is 58.5 Å². The number of carbonyl (C=O) groups is 4. The lowest BCUT2D eigenvalue weighted by Gasteiger charge is -2.25. The Morgan fingerprint density at radius 1 is 0.958 bits per heavy atom. The van der Waals surface area contributed by atoms with Gasteiger partial charge in [0.15, 0.2) is 5.78 Å². The third-order valence-electron chi connectivity index (χ3n) is 9.46. The number of H-pyrrole nitrogens is 1. The van der Waals surface area contributed by atoms with Gasteiger partial charge in [0.25, 0.3) is 0 Å². The predicted molar refractivity (Wildman–Crippen MR) is 197 cm³/mol. The molecule has 9 nitrogen and oxygen atoms in total. The van der Waals surface area contributed by atoms with Crippen molar-refractivity contribution in [3.63, 3.8) is 0 Å². The molecule has 0 radical (unpaired) electrons. The first-order chi connectivity index (χ1) is 23.0. The fourth-order valence-electron chi connectivity index (χ4n) is 6.57. The standard InChI is InChI=1S/C37H45N5O4S2/c1-20(2)13-32(42-38)37(46)40-31(15-25-16-39-30-12-7-6-9-27(25)30)36(45)41-33-19-48-47-18-24(17-43)14-29-23(5)21(3)22(4)26-10-8-11-28(34(26)29)35(33)44/h6-12,16-17,20,24,31-33,39,42H,13-15,18-19,38H2,1-5H3,(H,40,46)(H,41,45)/t24?,31-,32-,33?/m0/s1. The Hall–Kier alpha value is -3.64. The summed E-state index contributed by atoms with van der Waals surface area (Å²) in [5, 5.41) is 8.75. The Balaban J connectivity index is 1.52. The molecule has 4 atom stereocenters. The Kier molecular flexibility index (Phi) is 11.7. The summed E-state index contributed by atoms with van der Waals surface area (Å²) in [4.78, 5) is 57.7. The molecular weight excluding hydrogens is 643 g/mol. The number of ketones is 1. The number of aryl methyl sites for hydroxylation is 1. The van der Waals surface area contributed by atoms with E-state index in [0.717, 1.165) is 55.8 Å². The van der Waals surface area contributed by atoms with Gasteiger partial charge in [-0.25, -0.2) is 5.43 Å². The van der Waals surface area contributed by atoms with Crippen LogP contribution < -0.4 is 21.9 Å². The van der Waals surface area contributed by atoms with Crippen molar-refractivity contribution in [1.82, 2.24) is 21.0 Å². The van der Waals surface area contributed by atoms with E-state index in [1.165, 1.54) is 21.6 Å². The van der Waals surface area contributed by atoms with Crippen LogP contribution in [0.4, 0.5) is 0 Å². The molecule has 5 rings (SSSR count). The summed E-state index contributed by atoms with van der Waals surface area (Å²) >= 11 is 0. The van der Waals surface area contributed by atoms with Crippen molar-refractivity contribution >= 4 is 67.1 Å². The van der Waals surface area contributed by atoms with E-state index in [-0.39, 0.29) is 29.9 Å². The van der Waals surface area contributed by atoms with Crippen LogP contribution in [0.1, 0.15) is 58.4 Å². The van der Waals surface area contributed by atoms with Crippen LogP contribution >= 0.6 is 21.6 Å². The van der Waals surface area contributed by atoms with Crippen molar-refractivity contribution in [2.24, 2.45) is 17.7 Å². The van der Waals surface area contributed by atoms with Crippen LogP contribution in [0, 0.1) is 32.6 Å².